The Hall–Kier alpha value is -1.39. The van der Waals surface area contributed by atoms with Gasteiger partial charge in [0.05, 0.1) is 12.7 Å². The van der Waals surface area contributed by atoms with Crippen LogP contribution in [0.3, 0.4) is 0 Å². The third-order valence-corrected chi connectivity index (χ3v) is 3.59. The molecule has 1 N–H and O–H groups in total. The number of rotatable bonds is 4. The number of methoxy groups -OCH3 is 1. The van der Waals surface area contributed by atoms with Crippen molar-refractivity contribution in [1.82, 2.24) is 0 Å². The number of halogens is 3. The van der Waals surface area contributed by atoms with Crippen molar-refractivity contribution in [1.29, 1.82) is 0 Å². The highest BCUT2D eigenvalue weighted by atomic mass is 19.4. The minimum atomic E-state index is -4.37. The van der Waals surface area contributed by atoms with Gasteiger partial charge in [0, 0.05) is 12.2 Å². The largest absolute Gasteiger partial charge is 0.497 e. The molecular weight excluding hydrogens is 255 g/mol. The summed E-state index contributed by atoms with van der Waals surface area (Å²) in [5, 5.41) is 2.94. The minimum absolute atomic E-state index is 0.139. The number of hydrogen-bond donors (Lipinski definition) is 1. The Balaban J connectivity index is 2.13. The summed E-state index contributed by atoms with van der Waals surface area (Å²) in [5.41, 5.74) is -0.523. The predicted octanol–water partition coefficient (Wildman–Crippen LogP) is 4.32. The highest BCUT2D eigenvalue weighted by Gasteiger charge is 2.34. The van der Waals surface area contributed by atoms with Crippen LogP contribution in [0, 0.1) is 5.92 Å². The van der Waals surface area contributed by atoms with E-state index < -0.39 is 11.7 Å². The number of nitrogens with one attached hydrogen (secondary N) is 1. The molecule has 0 aromatic heterocycles. The van der Waals surface area contributed by atoms with Crippen LogP contribution in [-0.4, -0.2) is 13.7 Å². The van der Waals surface area contributed by atoms with Crippen molar-refractivity contribution in [3.8, 4) is 5.75 Å². The van der Waals surface area contributed by atoms with Crippen molar-refractivity contribution in [2.75, 3.05) is 19.0 Å². The van der Waals surface area contributed by atoms with E-state index in [2.05, 4.69) is 5.32 Å². The summed E-state index contributed by atoms with van der Waals surface area (Å²) in [4.78, 5) is 0. The normalized spacial score (nSPS) is 16.6. The molecule has 0 spiro atoms. The fourth-order valence-corrected chi connectivity index (χ4v) is 2.51. The van der Waals surface area contributed by atoms with E-state index in [9.17, 15) is 13.2 Å². The van der Waals surface area contributed by atoms with E-state index in [0.29, 0.717) is 12.5 Å². The Bertz CT molecular complexity index is 425. The molecule has 1 saturated carbocycles. The second-order valence-electron chi connectivity index (χ2n) is 4.94. The lowest BCUT2D eigenvalue weighted by atomic mass is 10.1. The van der Waals surface area contributed by atoms with E-state index >= 15 is 0 Å². The zero-order chi connectivity index (χ0) is 13.9. The molecule has 0 atom stereocenters. The van der Waals surface area contributed by atoms with E-state index in [1.807, 2.05) is 0 Å². The molecule has 1 aliphatic carbocycles. The first-order valence-corrected chi connectivity index (χ1v) is 6.50. The summed E-state index contributed by atoms with van der Waals surface area (Å²) >= 11 is 0. The van der Waals surface area contributed by atoms with Crippen LogP contribution >= 0.6 is 0 Å². The smallest absolute Gasteiger partial charge is 0.418 e. The molecular formula is C14H18F3NO. The van der Waals surface area contributed by atoms with E-state index in [1.54, 1.807) is 6.07 Å². The topological polar surface area (TPSA) is 21.3 Å². The highest BCUT2D eigenvalue weighted by molar-refractivity contribution is 5.55. The number of ether oxygens (including phenoxy) is 1. The van der Waals surface area contributed by atoms with Crippen LogP contribution in [0.4, 0.5) is 18.9 Å². The molecule has 106 valence electrons. The van der Waals surface area contributed by atoms with Crippen LogP contribution in [0.2, 0.25) is 0 Å². The Labute approximate surface area is 111 Å². The van der Waals surface area contributed by atoms with Crippen LogP contribution in [0.25, 0.3) is 0 Å². The average molecular weight is 273 g/mol. The molecule has 0 unspecified atom stereocenters. The SMILES string of the molecule is COc1ccc(NCC2CCCC2)c(C(F)(F)F)c1. The van der Waals surface area contributed by atoms with Gasteiger partial charge in [-0.25, -0.2) is 0 Å². The van der Waals surface area contributed by atoms with Gasteiger partial charge < -0.3 is 10.1 Å². The van der Waals surface area contributed by atoms with Crippen LogP contribution < -0.4 is 10.1 Å². The molecule has 0 saturated heterocycles. The van der Waals surface area contributed by atoms with Gasteiger partial charge in [0.15, 0.2) is 0 Å². The molecule has 0 bridgehead atoms. The van der Waals surface area contributed by atoms with Crippen molar-refractivity contribution in [2.24, 2.45) is 5.92 Å². The highest BCUT2D eigenvalue weighted by Crippen LogP contribution is 2.37. The molecule has 1 aromatic rings. The van der Waals surface area contributed by atoms with E-state index in [4.69, 9.17) is 4.74 Å². The van der Waals surface area contributed by atoms with Gasteiger partial charge in [-0.2, -0.15) is 13.2 Å². The first-order chi connectivity index (χ1) is 9.00. The lowest BCUT2D eigenvalue weighted by molar-refractivity contribution is -0.137. The van der Waals surface area contributed by atoms with E-state index in [0.717, 1.165) is 18.9 Å². The van der Waals surface area contributed by atoms with Crippen LogP contribution in [0.15, 0.2) is 18.2 Å². The van der Waals surface area contributed by atoms with Crippen molar-refractivity contribution in [3.05, 3.63) is 23.8 Å². The van der Waals surface area contributed by atoms with Gasteiger partial charge in [0.1, 0.15) is 5.75 Å². The Morgan fingerprint density at radius 3 is 2.53 bits per heavy atom. The molecule has 2 nitrogen and oxygen atoms in total. The van der Waals surface area contributed by atoms with Gasteiger partial charge in [-0.15, -0.1) is 0 Å². The molecule has 5 heteroatoms. The van der Waals surface area contributed by atoms with Crippen LogP contribution in [0.1, 0.15) is 31.2 Å². The Morgan fingerprint density at radius 1 is 1.26 bits per heavy atom. The lowest BCUT2D eigenvalue weighted by Crippen LogP contribution is -2.15. The second kappa shape index (κ2) is 5.72. The molecule has 19 heavy (non-hydrogen) atoms. The van der Waals surface area contributed by atoms with Gasteiger partial charge in [-0.05, 0) is 37.0 Å². The van der Waals surface area contributed by atoms with Crippen molar-refractivity contribution in [2.45, 2.75) is 31.9 Å². The first kappa shape index (κ1) is 14.0. The fourth-order valence-electron chi connectivity index (χ4n) is 2.51. The first-order valence-electron chi connectivity index (χ1n) is 6.50. The maximum atomic E-state index is 13.0. The van der Waals surface area contributed by atoms with Gasteiger partial charge in [-0.3, -0.25) is 0 Å². The summed E-state index contributed by atoms with van der Waals surface area (Å²) in [7, 11) is 1.36. The maximum Gasteiger partial charge on any atom is 0.418 e. The van der Waals surface area contributed by atoms with E-state index in [1.165, 1.54) is 26.0 Å². The van der Waals surface area contributed by atoms with Crippen molar-refractivity contribution < 1.29 is 17.9 Å². The lowest BCUT2D eigenvalue weighted by Gasteiger charge is -2.17. The van der Waals surface area contributed by atoms with Crippen LogP contribution in [0.5, 0.6) is 5.75 Å². The van der Waals surface area contributed by atoms with E-state index in [-0.39, 0.29) is 11.4 Å². The quantitative estimate of drug-likeness (QED) is 0.882. The third-order valence-electron chi connectivity index (χ3n) is 3.59. The Kier molecular flexibility index (Phi) is 4.22. The molecule has 1 aliphatic rings. The molecule has 0 radical (unpaired) electrons. The minimum Gasteiger partial charge on any atom is -0.497 e. The monoisotopic (exact) mass is 273 g/mol. The van der Waals surface area contributed by atoms with Gasteiger partial charge >= 0.3 is 6.18 Å². The van der Waals surface area contributed by atoms with Gasteiger partial charge in [0.25, 0.3) is 0 Å². The number of alkyl halides is 3. The third kappa shape index (κ3) is 3.55. The summed E-state index contributed by atoms with van der Waals surface area (Å²) < 4.78 is 43.8. The van der Waals surface area contributed by atoms with Gasteiger partial charge in [0.2, 0.25) is 0 Å². The number of hydrogen-bond acceptors (Lipinski definition) is 2. The molecule has 1 fully saturated rings. The maximum absolute atomic E-state index is 13.0. The summed E-state index contributed by atoms with van der Waals surface area (Å²) in [6.07, 6.45) is 0.198. The number of benzene rings is 1. The standard InChI is InChI=1S/C14H18F3NO/c1-19-11-6-7-13(12(8-11)14(15,16)17)18-9-10-4-2-3-5-10/h6-8,10,18H,2-5,9H2,1H3. The summed E-state index contributed by atoms with van der Waals surface area (Å²) in [6.45, 7) is 0.607. The van der Waals surface area contributed by atoms with Crippen molar-refractivity contribution >= 4 is 5.69 Å². The molecule has 0 heterocycles. The summed E-state index contributed by atoms with van der Waals surface area (Å²) in [6, 6.07) is 4.03. The van der Waals surface area contributed by atoms with Gasteiger partial charge in [-0.1, -0.05) is 12.8 Å². The zero-order valence-electron chi connectivity index (χ0n) is 10.9. The molecule has 1 aromatic carbocycles. The molecule has 2 rings (SSSR count). The second-order valence-corrected chi connectivity index (χ2v) is 4.94. The zero-order valence-corrected chi connectivity index (χ0v) is 10.9. The fraction of sp³-hybridized carbons (Fsp3) is 0.571. The summed E-state index contributed by atoms with van der Waals surface area (Å²) in [5.74, 6) is 0.710. The molecule has 0 aliphatic heterocycles. The van der Waals surface area contributed by atoms with Crippen molar-refractivity contribution in [3.63, 3.8) is 0 Å². The van der Waals surface area contributed by atoms with Crippen LogP contribution in [-0.2, 0) is 6.18 Å². The molecule has 0 amide bonds. The Morgan fingerprint density at radius 2 is 1.95 bits per heavy atom. The number of anilines is 1. The predicted molar refractivity (Wildman–Crippen MR) is 68.4 cm³/mol. The average Bonchev–Trinajstić information content (AvgIpc) is 2.88.